The first-order valence-electron chi connectivity index (χ1n) is 13.9. The molecule has 6 rings (SSSR count). The Hall–Kier alpha value is -5.23. The first-order valence-corrected chi connectivity index (χ1v) is 13.9. The number of carbonyl (C=O) groups excluding carboxylic acids is 3. The lowest BCUT2D eigenvalue weighted by molar-refractivity contribution is -0.127. The van der Waals surface area contributed by atoms with Gasteiger partial charge in [0.1, 0.15) is 17.1 Å². The smallest absolute Gasteiger partial charge is 0.295 e. The van der Waals surface area contributed by atoms with E-state index in [-0.39, 0.29) is 18.1 Å². The number of ketones is 1. The molecule has 1 atom stereocenters. The zero-order chi connectivity index (χ0) is 29.9. The number of aromatic nitrogens is 3. The van der Waals surface area contributed by atoms with Crippen molar-refractivity contribution in [2.75, 3.05) is 26.8 Å². The van der Waals surface area contributed by atoms with Crippen molar-refractivity contribution in [3.63, 3.8) is 0 Å². The lowest BCUT2D eigenvalue weighted by Gasteiger charge is -2.29. The van der Waals surface area contributed by atoms with E-state index in [1.165, 1.54) is 19.5 Å². The average molecular weight is 580 g/mol. The minimum Gasteiger partial charge on any atom is -0.494 e. The zero-order valence-electron chi connectivity index (χ0n) is 23.4. The number of aliphatic hydroxyl groups is 1. The van der Waals surface area contributed by atoms with Crippen molar-refractivity contribution in [2.24, 2.45) is 10.2 Å². The van der Waals surface area contributed by atoms with Gasteiger partial charge < -0.3 is 25.0 Å². The van der Waals surface area contributed by atoms with Crippen molar-refractivity contribution in [1.82, 2.24) is 25.2 Å². The number of ether oxygens (including phenoxy) is 1. The number of aromatic amines is 1. The van der Waals surface area contributed by atoms with Crippen molar-refractivity contribution in [1.29, 1.82) is 0 Å². The standard InChI is InChI=1S/C31H29N7O5/c1-43-25-16-35-27(23-14-24(37-36-23)30(41)33-11-5-13-39)28-26(25)21(15-34-28)29(40)31(42)38-12-9-19-18(17-38)6-4-7-20(19)22-8-2-3-10-32-22/h2-4,6-8,10,14-16,24,34,39H,5,9,11-13,17H2,1H3,(H,33,41). The zero-order valence-corrected chi connectivity index (χ0v) is 23.4. The summed E-state index contributed by atoms with van der Waals surface area (Å²) in [5, 5.41) is 20.2. The lowest BCUT2D eigenvalue weighted by Crippen LogP contribution is -2.40. The van der Waals surface area contributed by atoms with Crippen LogP contribution in [-0.2, 0) is 22.6 Å². The predicted octanol–water partition coefficient (Wildman–Crippen LogP) is 3.08. The lowest BCUT2D eigenvalue weighted by atomic mass is 9.92. The SMILES string of the molecule is COc1cnc(C2=CC(C(=O)NCCCO)N=N2)c2[nH]cc(C(=O)C(=O)N3CCc4c(cccc4-c4ccccn4)C3)c12. The third-order valence-electron chi connectivity index (χ3n) is 7.58. The maximum Gasteiger partial charge on any atom is 0.295 e. The summed E-state index contributed by atoms with van der Waals surface area (Å²) in [4.78, 5) is 53.2. The van der Waals surface area contributed by atoms with Gasteiger partial charge in [-0.05, 0) is 42.2 Å². The van der Waals surface area contributed by atoms with Crippen LogP contribution < -0.4 is 10.1 Å². The third kappa shape index (κ3) is 5.28. The Morgan fingerprint density at radius 1 is 1.16 bits per heavy atom. The Bertz CT molecular complexity index is 1780. The second-order valence-corrected chi connectivity index (χ2v) is 10.2. The fourth-order valence-corrected chi connectivity index (χ4v) is 5.44. The number of azo groups is 1. The second kappa shape index (κ2) is 11.9. The molecule has 0 bridgehead atoms. The molecule has 2 aliphatic rings. The number of aliphatic hydroxyl groups excluding tert-OH is 1. The maximum atomic E-state index is 13.7. The summed E-state index contributed by atoms with van der Waals surface area (Å²) in [5.74, 6) is -1.32. The van der Waals surface area contributed by atoms with Gasteiger partial charge in [-0.25, -0.2) is 4.98 Å². The van der Waals surface area contributed by atoms with Crippen LogP contribution >= 0.6 is 0 Å². The van der Waals surface area contributed by atoms with Gasteiger partial charge in [-0.15, -0.1) is 0 Å². The summed E-state index contributed by atoms with van der Waals surface area (Å²) < 4.78 is 5.51. The van der Waals surface area contributed by atoms with Gasteiger partial charge in [0, 0.05) is 44.2 Å². The molecule has 4 aromatic rings. The Morgan fingerprint density at radius 3 is 2.84 bits per heavy atom. The number of Topliss-reactive ketones (excluding diaryl/α,β-unsaturated/α-hetero) is 1. The van der Waals surface area contributed by atoms with Crippen LogP contribution in [0.5, 0.6) is 5.75 Å². The number of benzene rings is 1. The van der Waals surface area contributed by atoms with E-state index in [4.69, 9.17) is 9.84 Å². The van der Waals surface area contributed by atoms with Gasteiger partial charge in [0.15, 0.2) is 6.04 Å². The van der Waals surface area contributed by atoms with Crippen molar-refractivity contribution < 1.29 is 24.2 Å². The Balaban J connectivity index is 1.26. The van der Waals surface area contributed by atoms with Crippen LogP contribution in [0.1, 0.15) is 33.6 Å². The van der Waals surface area contributed by atoms with E-state index in [2.05, 4.69) is 30.5 Å². The van der Waals surface area contributed by atoms with Gasteiger partial charge in [-0.2, -0.15) is 10.2 Å². The Morgan fingerprint density at radius 2 is 2.05 bits per heavy atom. The van der Waals surface area contributed by atoms with Crippen LogP contribution in [0.2, 0.25) is 0 Å². The van der Waals surface area contributed by atoms with E-state index in [0.29, 0.717) is 60.5 Å². The molecule has 218 valence electrons. The molecule has 3 N–H and O–H groups in total. The molecule has 43 heavy (non-hydrogen) atoms. The molecule has 1 aromatic carbocycles. The van der Waals surface area contributed by atoms with Gasteiger partial charge in [0.2, 0.25) is 0 Å². The molecule has 0 saturated carbocycles. The molecule has 2 amide bonds. The van der Waals surface area contributed by atoms with Crippen molar-refractivity contribution in [2.45, 2.75) is 25.4 Å². The largest absolute Gasteiger partial charge is 0.494 e. The van der Waals surface area contributed by atoms with Crippen LogP contribution in [0, 0.1) is 0 Å². The normalized spacial score (nSPS) is 15.7. The van der Waals surface area contributed by atoms with E-state index in [9.17, 15) is 14.4 Å². The van der Waals surface area contributed by atoms with Crippen molar-refractivity contribution in [3.8, 4) is 17.0 Å². The Kier molecular flexibility index (Phi) is 7.75. The summed E-state index contributed by atoms with van der Waals surface area (Å²) in [6.07, 6.45) is 7.28. The number of carbonyl (C=O) groups is 3. The van der Waals surface area contributed by atoms with Gasteiger partial charge in [0.05, 0.1) is 35.5 Å². The number of fused-ring (bicyclic) bond motifs is 2. The first kappa shape index (κ1) is 27.9. The number of H-pyrrole nitrogens is 1. The predicted molar refractivity (Wildman–Crippen MR) is 157 cm³/mol. The fourth-order valence-electron chi connectivity index (χ4n) is 5.44. The number of rotatable bonds is 9. The highest BCUT2D eigenvalue weighted by Gasteiger charge is 2.31. The highest BCUT2D eigenvalue weighted by molar-refractivity contribution is 6.45. The average Bonchev–Trinajstić information content (AvgIpc) is 3.72. The summed E-state index contributed by atoms with van der Waals surface area (Å²) >= 11 is 0. The number of nitrogens with one attached hydrogen (secondary N) is 2. The van der Waals surface area contributed by atoms with E-state index in [1.807, 2.05) is 36.4 Å². The summed E-state index contributed by atoms with van der Waals surface area (Å²) in [6, 6.07) is 10.9. The van der Waals surface area contributed by atoms with Crippen LogP contribution in [0.15, 0.2) is 71.3 Å². The number of hydrogen-bond donors (Lipinski definition) is 3. The number of methoxy groups -OCH3 is 1. The molecule has 0 fully saturated rings. The molecule has 0 aliphatic carbocycles. The second-order valence-electron chi connectivity index (χ2n) is 10.2. The van der Waals surface area contributed by atoms with Crippen LogP contribution in [0.25, 0.3) is 27.9 Å². The molecule has 3 aromatic heterocycles. The molecule has 12 nitrogen and oxygen atoms in total. The molecule has 0 radical (unpaired) electrons. The highest BCUT2D eigenvalue weighted by Crippen LogP contribution is 2.35. The van der Waals surface area contributed by atoms with Gasteiger partial charge in [-0.1, -0.05) is 24.3 Å². The van der Waals surface area contributed by atoms with E-state index in [0.717, 1.165) is 22.4 Å². The minimum atomic E-state index is -0.842. The van der Waals surface area contributed by atoms with E-state index in [1.54, 1.807) is 17.2 Å². The molecule has 0 saturated heterocycles. The van der Waals surface area contributed by atoms with Crippen LogP contribution in [0.3, 0.4) is 0 Å². The topological polar surface area (TPSA) is 162 Å². The summed E-state index contributed by atoms with van der Waals surface area (Å²) in [7, 11) is 1.46. The first-order chi connectivity index (χ1) is 21.0. The Labute approximate surface area is 246 Å². The van der Waals surface area contributed by atoms with Crippen LogP contribution in [0.4, 0.5) is 0 Å². The molecule has 12 heteroatoms. The van der Waals surface area contributed by atoms with Crippen molar-refractivity contribution >= 4 is 34.2 Å². The molecule has 1 unspecified atom stereocenters. The number of amides is 2. The van der Waals surface area contributed by atoms with Crippen molar-refractivity contribution in [3.05, 3.63) is 83.4 Å². The molecule has 0 spiro atoms. The molecule has 5 heterocycles. The summed E-state index contributed by atoms with van der Waals surface area (Å²) in [6.45, 7) is 0.986. The van der Waals surface area contributed by atoms with Gasteiger partial charge in [0.25, 0.3) is 17.6 Å². The van der Waals surface area contributed by atoms with E-state index < -0.39 is 17.7 Å². The monoisotopic (exact) mass is 579 g/mol. The molecular weight excluding hydrogens is 550 g/mol. The fraction of sp³-hybridized carbons (Fsp3) is 0.258. The molecular formula is C31H29N7O5. The maximum absolute atomic E-state index is 13.7. The summed E-state index contributed by atoms with van der Waals surface area (Å²) in [5.41, 5.74) is 5.31. The van der Waals surface area contributed by atoms with Gasteiger partial charge in [-0.3, -0.25) is 19.4 Å². The minimum absolute atomic E-state index is 0.0321. The van der Waals surface area contributed by atoms with Gasteiger partial charge >= 0.3 is 0 Å². The number of nitrogens with zero attached hydrogens (tertiary/aromatic N) is 5. The molecule has 2 aliphatic heterocycles. The number of hydrogen-bond acceptors (Lipinski definition) is 9. The van der Waals surface area contributed by atoms with Crippen LogP contribution in [-0.4, -0.2) is 75.4 Å². The third-order valence-corrected chi connectivity index (χ3v) is 7.58. The van der Waals surface area contributed by atoms with E-state index >= 15 is 0 Å². The number of pyridine rings is 2. The quantitative estimate of drug-likeness (QED) is 0.156. The highest BCUT2D eigenvalue weighted by atomic mass is 16.5.